The maximum atomic E-state index is 5.41. The predicted octanol–water partition coefficient (Wildman–Crippen LogP) is 12.9. The van der Waals surface area contributed by atoms with Crippen molar-refractivity contribution in [2.75, 3.05) is 0 Å². The third kappa shape index (κ3) is 5.16. The van der Waals surface area contributed by atoms with Crippen molar-refractivity contribution in [2.45, 2.75) is 0 Å². The van der Waals surface area contributed by atoms with Crippen LogP contribution in [0.3, 0.4) is 0 Å². The van der Waals surface area contributed by atoms with Crippen molar-refractivity contribution in [3.8, 4) is 56.3 Å². The van der Waals surface area contributed by atoms with E-state index in [4.69, 9.17) is 15.0 Å². The summed E-state index contributed by atoms with van der Waals surface area (Å²) in [4.78, 5) is 15.8. The highest BCUT2D eigenvalue weighted by atomic mass is 32.1. The standard InChI is InChI=1S/C47H29N3S/c1-3-12-30(13-4-1)31-22-24-34(25-23-31)42-29-41(33-15-5-2-6-16-33)49-47(50-42)35-26-27-40-39(28-35)46-44(38-19-9-10-21-43(38)51-46)45(48-40)37-20-11-17-32-14-7-8-18-36(32)37/h1-29H. The zero-order valence-corrected chi connectivity index (χ0v) is 28.3. The van der Waals surface area contributed by atoms with Crippen molar-refractivity contribution in [2.24, 2.45) is 0 Å². The Hall–Kier alpha value is -6.49. The lowest BCUT2D eigenvalue weighted by molar-refractivity contribution is 1.18. The summed E-state index contributed by atoms with van der Waals surface area (Å²) in [6.45, 7) is 0. The van der Waals surface area contributed by atoms with Crippen LogP contribution < -0.4 is 0 Å². The third-order valence-corrected chi connectivity index (χ3v) is 10.9. The predicted molar refractivity (Wildman–Crippen MR) is 215 cm³/mol. The Morgan fingerprint density at radius 3 is 1.76 bits per heavy atom. The molecule has 0 amide bonds. The minimum absolute atomic E-state index is 0.688. The Morgan fingerprint density at radius 2 is 0.980 bits per heavy atom. The topological polar surface area (TPSA) is 38.7 Å². The second-order valence-electron chi connectivity index (χ2n) is 12.8. The van der Waals surface area contributed by atoms with E-state index in [-0.39, 0.29) is 0 Å². The van der Waals surface area contributed by atoms with E-state index in [0.29, 0.717) is 5.82 Å². The van der Waals surface area contributed by atoms with E-state index in [1.807, 2.05) is 23.5 Å². The summed E-state index contributed by atoms with van der Waals surface area (Å²) in [7, 11) is 0. The molecule has 3 aromatic heterocycles. The number of pyridine rings is 1. The van der Waals surface area contributed by atoms with Crippen LogP contribution in [0.15, 0.2) is 176 Å². The molecular formula is C47H29N3S. The first-order valence-electron chi connectivity index (χ1n) is 17.1. The van der Waals surface area contributed by atoms with Gasteiger partial charge < -0.3 is 0 Å². The quantitative estimate of drug-likeness (QED) is 0.183. The summed E-state index contributed by atoms with van der Waals surface area (Å²) in [6.07, 6.45) is 0. The first-order valence-corrected chi connectivity index (χ1v) is 17.9. The van der Waals surface area contributed by atoms with Gasteiger partial charge >= 0.3 is 0 Å². The maximum Gasteiger partial charge on any atom is 0.160 e. The number of rotatable bonds is 5. The van der Waals surface area contributed by atoms with Gasteiger partial charge in [0.1, 0.15) is 0 Å². The summed E-state index contributed by atoms with van der Waals surface area (Å²) < 4.78 is 2.47. The fourth-order valence-electron chi connectivity index (χ4n) is 7.17. The van der Waals surface area contributed by atoms with E-state index in [0.717, 1.165) is 50.2 Å². The summed E-state index contributed by atoms with van der Waals surface area (Å²) in [6, 6.07) is 61.8. The second kappa shape index (κ2) is 12.1. The van der Waals surface area contributed by atoms with Gasteiger partial charge in [0.05, 0.1) is 22.6 Å². The normalized spacial score (nSPS) is 11.5. The average molecular weight is 668 g/mol. The second-order valence-corrected chi connectivity index (χ2v) is 13.8. The van der Waals surface area contributed by atoms with Crippen molar-refractivity contribution in [3.63, 3.8) is 0 Å². The van der Waals surface area contributed by atoms with Crippen LogP contribution in [0.4, 0.5) is 0 Å². The molecule has 10 aromatic rings. The summed E-state index contributed by atoms with van der Waals surface area (Å²) >= 11 is 1.83. The van der Waals surface area contributed by atoms with Crippen LogP contribution in [0.5, 0.6) is 0 Å². The van der Waals surface area contributed by atoms with Crippen molar-refractivity contribution in [1.29, 1.82) is 0 Å². The van der Waals surface area contributed by atoms with E-state index in [9.17, 15) is 0 Å². The van der Waals surface area contributed by atoms with E-state index >= 15 is 0 Å². The van der Waals surface area contributed by atoms with Crippen LogP contribution in [0, 0.1) is 0 Å². The van der Waals surface area contributed by atoms with E-state index < -0.39 is 0 Å². The molecule has 7 aromatic carbocycles. The minimum Gasteiger partial charge on any atom is -0.247 e. The SMILES string of the molecule is c1ccc(-c2ccc(-c3cc(-c4ccccc4)nc(-c4ccc5nc(-c6cccc7ccccc67)c6c7ccccc7sc6c5c4)n3)cc2)cc1. The molecule has 3 nitrogen and oxygen atoms in total. The van der Waals surface area contributed by atoms with Crippen LogP contribution in [0.25, 0.3) is 98.1 Å². The summed E-state index contributed by atoms with van der Waals surface area (Å²) in [5.41, 5.74) is 10.3. The number of fused-ring (bicyclic) bond motifs is 6. The molecular weight excluding hydrogens is 639 g/mol. The monoisotopic (exact) mass is 667 g/mol. The molecule has 51 heavy (non-hydrogen) atoms. The fourth-order valence-corrected chi connectivity index (χ4v) is 8.40. The Labute approximate surface area is 299 Å². The molecule has 10 rings (SSSR count). The average Bonchev–Trinajstić information content (AvgIpc) is 3.61. The molecule has 4 heteroatoms. The van der Waals surface area contributed by atoms with Crippen LogP contribution >= 0.6 is 11.3 Å². The molecule has 0 fully saturated rings. The van der Waals surface area contributed by atoms with Crippen LogP contribution in [0.2, 0.25) is 0 Å². The molecule has 0 N–H and O–H groups in total. The van der Waals surface area contributed by atoms with Crippen LogP contribution in [0.1, 0.15) is 0 Å². The van der Waals surface area contributed by atoms with Gasteiger partial charge in [-0.2, -0.15) is 0 Å². The molecule has 0 saturated heterocycles. The summed E-state index contributed by atoms with van der Waals surface area (Å²) in [5, 5.41) is 5.94. The number of aromatic nitrogens is 3. The van der Waals surface area contributed by atoms with Crippen molar-refractivity contribution in [3.05, 3.63) is 176 Å². The third-order valence-electron chi connectivity index (χ3n) is 9.69. The molecule has 0 aliphatic heterocycles. The molecule has 0 radical (unpaired) electrons. The molecule has 0 atom stereocenters. The number of benzene rings is 7. The van der Waals surface area contributed by atoms with Crippen molar-refractivity contribution in [1.82, 2.24) is 15.0 Å². The largest absolute Gasteiger partial charge is 0.247 e. The van der Waals surface area contributed by atoms with E-state index in [2.05, 4.69) is 164 Å². The highest BCUT2D eigenvalue weighted by Gasteiger charge is 2.19. The van der Waals surface area contributed by atoms with Gasteiger partial charge in [0.25, 0.3) is 0 Å². The lowest BCUT2D eigenvalue weighted by atomic mass is 9.97. The molecule has 0 saturated carbocycles. The Bertz CT molecular complexity index is 2890. The molecule has 0 unspecified atom stereocenters. The molecule has 238 valence electrons. The van der Waals surface area contributed by atoms with Gasteiger partial charge in [0.2, 0.25) is 0 Å². The van der Waals surface area contributed by atoms with Gasteiger partial charge in [-0.1, -0.05) is 146 Å². The Balaban J connectivity index is 1.17. The van der Waals surface area contributed by atoms with Gasteiger partial charge in [-0.15, -0.1) is 11.3 Å². The minimum atomic E-state index is 0.688. The van der Waals surface area contributed by atoms with Crippen molar-refractivity contribution >= 4 is 53.2 Å². The lowest BCUT2D eigenvalue weighted by Gasteiger charge is -2.12. The molecule has 0 bridgehead atoms. The zero-order chi connectivity index (χ0) is 33.7. The Kier molecular flexibility index (Phi) is 7.00. The maximum absolute atomic E-state index is 5.41. The molecule has 0 aliphatic carbocycles. The number of hydrogen-bond acceptors (Lipinski definition) is 4. The zero-order valence-electron chi connectivity index (χ0n) is 27.5. The van der Waals surface area contributed by atoms with Crippen molar-refractivity contribution < 1.29 is 0 Å². The van der Waals surface area contributed by atoms with Gasteiger partial charge in [-0.05, 0) is 52.2 Å². The first kappa shape index (κ1) is 29.4. The Morgan fingerprint density at radius 1 is 0.392 bits per heavy atom. The van der Waals surface area contributed by atoms with Gasteiger partial charge in [0.15, 0.2) is 5.82 Å². The first-order chi connectivity index (χ1) is 25.3. The summed E-state index contributed by atoms with van der Waals surface area (Å²) in [5.74, 6) is 0.688. The van der Waals surface area contributed by atoms with Gasteiger partial charge in [-0.25, -0.2) is 15.0 Å². The van der Waals surface area contributed by atoms with Crippen LogP contribution in [-0.2, 0) is 0 Å². The highest BCUT2D eigenvalue weighted by molar-refractivity contribution is 7.26. The van der Waals surface area contributed by atoms with E-state index in [1.54, 1.807) is 0 Å². The number of hydrogen-bond donors (Lipinski definition) is 0. The lowest BCUT2D eigenvalue weighted by Crippen LogP contribution is -1.96. The fraction of sp³-hybridized carbons (Fsp3) is 0. The highest BCUT2D eigenvalue weighted by Crippen LogP contribution is 2.44. The van der Waals surface area contributed by atoms with Crippen LogP contribution in [-0.4, -0.2) is 15.0 Å². The molecule has 0 aliphatic rings. The van der Waals surface area contributed by atoms with E-state index in [1.165, 1.54) is 42.1 Å². The molecule has 3 heterocycles. The van der Waals surface area contributed by atoms with Gasteiger partial charge in [-0.3, -0.25) is 0 Å². The smallest absolute Gasteiger partial charge is 0.160 e. The number of thiophene rings is 1. The molecule has 0 spiro atoms. The number of nitrogens with zero attached hydrogens (tertiary/aromatic N) is 3. The van der Waals surface area contributed by atoms with Gasteiger partial charge in [0, 0.05) is 47.8 Å².